The molecule has 0 saturated heterocycles. The number of carbonyl (C=O) groups excluding carboxylic acids is 1. The molecule has 2 N–H and O–H groups in total. The lowest BCUT2D eigenvalue weighted by molar-refractivity contribution is 0.102. The van der Waals surface area contributed by atoms with Crippen LogP contribution in [0, 0.1) is 6.92 Å². The third-order valence-electron chi connectivity index (χ3n) is 4.97. The third kappa shape index (κ3) is 6.43. The summed E-state index contributed by atoms with van der Waals surface area (Å²) in [5.74, 6) is -0.654. The number of carbonyl (C=O) groups is 1. The summed E-state index contributed by atoms with van der Waals surface area (Å²) in [6, 6.07) is 19.5. The summed E-state index contributed by atoms with van der Waals surface area (Å²) < 4.78 is 52.1. The summed E-state index contributed by atoms with van der Waals surface area (Å²) in [5.41, 5.74) is 2.22. The third-order valence-corrected chi connectivity index (χ3v) is 8.15. The van der Waals surface area contributed by atoms with Gasteiger partial charge in [0.2, 0.25) is 10.0 Å². The molecule has 174 valence electrons. The fourth-order valence-corrected chi connectivity index (χ4v) is 5.85. The number of nitrogens with one attached hydrogen (secondary N) is 2. The SMILES string of the molecule is CCCS(=O)(=O)Nc1cccc(NC(=O)c2cccc(CS(=O)(=O)c3ccccc3)c2)c1C. The Bertz CT molecular complexity index is 1350. The number of sulfonamides is 1. The Balaban J connectivity index is 1.79. The van der Waals surface area contributed by atoms with Crippen LogP contribution in [0.4, 0.5) is 11.4 Å². The molecule has 0 aromatic heterocycles. The molecule has 0 atom stereocenters. The zero-order valence-electron chi connectivity index (χ0n) is 18.4. The van der Waals surface area contributed by atoms with Gasteiger partial charge in [-0.3, -0.25) is 9.52 Å². The van der Waals surface area contributed by atoms with Gasteiger partial charge in [0, 0.05) is 11.3 Å². The molecule has 0 aliphatic carbocycles. The first kappa shape index (κ1) is 24.5. The fraction of sp³-hybridized carbons (Fsp3) is 0.208. The number of anilines is 2. The first-order valence-corrected chi connectivity index (χ1v) is 13.7. The van der Waals surface area contributed by atoms with Gasteiger partial charge in [-0.05, 0) is 60.9 Å². The predicted octanol–water partition coefficient (Wildman–Crippen LogP) is 4.37. The van der Waals surface area contributed by atoms with Crippen LogP contribution in [0.25, 0.3) is 0 Å². The van der Waals surface area contributed by atoms with Crippen molar-refractivity contribution in [3.05, 3.63) is 89.5 Å². The molecule has 3 aromatic carbocycles. The van der Waals surface area contributed by atoms with Crippen molar-refractivity contribution in [3.63, 3.8) is 0 Å². The molecule has 0 aliphatic heterocycles. The van der Waals surface area contributed by atoms with Crippen molar-refractivity contribution >= 4 is 37.1 Å². The molecule has 0 fully saturated rings. The lowest BCUT2D eigenvalue weighted by atomic mass is 10.1. The van der Waals surface area contributed by atoms with Crippen molar-refractivity contribution in [2.45, 2.75) is 30.9 Å². The lowest BCUT2D eigenvalue weighted by Crippen LogP contribution is -2.18. The maximum atomic E-state index is 12.9. The summed E-state index contributed by atoms with van der Waals surface area (Å²) in [4.78, 5) is 13.1. The van der Waals surface area contributed by atoms with Gasteiger partial charge >= 0.3 is 0 Å². The molecule has 0 saturated carbocycles. The maximum absolute atomic E-state index is 12.9. The summed E-state index contributed by atoms with van der Waals surface area (Å²) in [5, 5.41) is 2.78. The average molecular weight is 487 g/mol. The monoisotopic (exact) mass is 486 g/mol. The number of hydrogen-bond donors (Lipinski definition) is 2. The van der Waals surface area contributed by atoms with Gasteiger partial charge in [0.05, 0.1) is 22.1 Å². The summed E-state index contributed by atoms with van der Waals surface area (Å²) in [6.45, 7) is 3.49. The number of benzene rings is 3. The highest BCUT2D eigenvalue weighted by atomic mass is 32.2. The molecule has 0 unspecified atom stereocenters. The molecule has 7 nitrogen and oxygen atoms in total. The summed E-state index contributed by atoms with van der Waals surface area (Å²) >= 11 is 0. The first-order valence-electron chi connectivity index (χ1n) is 10.4. The Labute approximate surface area is 194 Å². The zero-order chi connectivity index (χ0) is 24.1. The maximum Gasteiger partial charge on any atom is 0.255 e. The van der Waals surface area contributed by atoms with E-state index in [0.717, 1.165) is 0 Å². The van der Waals surface area contributed by atoms with Crippen LogP contribution in [0.5, 0.6) is 0 Å². The van der Waals surface area contributed by atoms with E-state index in [1.807, 2.05) is 0 Å². The second-order valence-corrected chi connectivity index (χ2v) is 11.5. The van der Waals surface area contributed by atoms with E-state index in [1.165, 1.54) is 12.1 Å². The molecule has 1 amide bonds. The van der Waals surface area contributed by atoms with Gasteiger partial charge in [-0.1, -0.05) is 43.3 Å². The van der Waals surface area contributed by atoms with Crippen LogP contribution in [0.2, 0.25) is 0 Å². The van der Waals surface area contributed by atoms with Crippen LogP contribution in [0.3, 0.4) is 0 Å². The highest BCUT2D eigenvalue weighted by Crippen LogP contribution is 2.25. The van der Waals surface area contributed by atoms with E-state index in [0.29, 0.717) is 34.5 Å². The minimum absolute atomic E-state index is 0.00169. The molecular weight excluding hydrogens is 460 g/mol. The Morgan fingerprint density at radius 3 is 2.21 bits per heavy atom. The normalized spacial score (nSPS) is 11.7. The Morgan fingerprint density at radius 1 is 0.848 bits per heavy atom. The molecule has 0 heterocycles. The van der Waals surface area contributed by atoms with E-state index in [4.69, 9.17) is 0 Å². The van der Waals surface area contributed by atoms with Crippen LogP contribution >= 0.6 is 0 Å². The van der Waals surface area contributed by atoms with E-state index >= 15 is 0 Å². The lowest BCUT2D eigenvalue weighted by Gasteiger charge is -2.14. The van der Waals surface area contributed by atoms with Crippen LogP contribution < -0.4 is 10.0 Å². The molecule has 3 aromatic rings. The number of rotatable bonds is 9. The fourth-order valence-electron chi connectivity index (χ4n) is 3.30. The molecule has 33 heavy (non-hydrogen) atoms. The van der Waals surface area contributed by atoms with Gasteiger partial charge in [0.1, 0.15) is 0 Å². The van der Waals surface area contributed by atoms with Crippen LogP contribution in [0.15, 0.2) is 77.7 Å². The van der Waals surface area contributed by atoms with Gasteiger partial charge in [-0.25, -0.2) is 16.8 Å². The van der Waals surface area contributed by atoms with Gasteiger partial charge in [0.25, 0.3) is 5.91 Å². The largest absolute Gasteiger partial charge is 0.322 e. The van der Waals surface area contributed by atoms with Gasteiger partial charge in [-0.2, -0.15) is 0 Å². The minimum Gasteiger partial charge on any atom is -0.322 e. The topological polar surface area (TPSA) is 109 Å². The average Bonchev–Trinajstić information content (AvgIpc) is 2.77. The van der Waals surface area contributed by atoms with Crippen LogP contribution in [-0.4, -0.2) is 28.5 Å². The van der Waals surface area contributed by atoms with E-state index in [9.17, 15) is 21.6 Å². The second kappa shape index (κ2) is 10.2. The van der Waals surface area contributed by atoms with Gasteiger partial charge < -0.3 is 5.32 Å². The quantitative estimate of drug-likeness (QED) is 0.467. The van der Waals surface area contributed by atoms with Crippen LogP contribution in [-0.2, 0) is 25.6 Å². The van der Waals surface area contributed by atoms with E-state index in [1.54, 1.807) is 74.5 Å². The molecule has 0 aliphatic rings. The molecule has 0 radical (unpaired) electrons. The highest BCUT2D eigenvalue weighted by Gasteiger charge is 2.17. The van der Waals surface area contributed by atoms with Crippen molar-refractivity contribution in [2.75, 3.05) is 15.8 Å². The second-order valence-electron chi connectivity index (χ2n) is 7.63. The van der Waals surface area contributed by atoms with Gasteiger partial charge in [-0.15, -0.1) is 0 Å². The van der Waals surface area contributed by atoms with E-state index < -0.39 is 25.8 Å². The van der Waals surface area contributed by atoms with Crippen molar-refractivity contribution in [1.29, 1.82) is 0 Å². The highest BCUT2D eigenvalue weighted by molar-refractivity contribution is 7.92. The first-order chi connectivity index (χ1) is 15.6. The van der Waals surface area contributed by atoms with Gasteiger partial charge in [0.15, 0.2) is 9.84 Å². The van der Waals surface area contributed by atoms with Crippen molar-refractivity contribution < 1.29 is 21.6 Å². The smallest absolute Gasteiger partial charge is 0.255 e. The standard InChI is InChI=1S/C24H26N2O5S2/c1-3-15-33(30,31)26-23-14-8-13-22(18(23)2)25-24(27)20-10-7-9-19(16-20)17-32(28,29)21-11-5-4-6-12-21/h4-14,16,26H,3,15,17H2,1-2H3,(H,25,27). The number of hydrogen-bond acceptors (Lipinski definition) is 5. The molecule has 9 heteroatoms. The number of amides is 1. The molecular formula is C24H26N2O5S2. The summed E-state index contributed by atoms with van der Waals surface area (Å²) in [7, 11) is -7.02. The van der Waals surface area contributed by atoms with E-state index in [-0.39, 0.29) is 16.4 Å². The van der Waals surface area contributed by atoms with Crippen molar-refractivity contribution in [1.82, 2.24) is 0 Å². The van der Waals surface area contributed by atoms with E-state index in [2.05, 4.69) is 10.0 Å². The van der Waals surface area contributed by atoms with Crippen molar-refractivity contribution in [2.24, 2.45) is 0 Å². The summed E-state index contributed by atoms with van der Waals surface area (Å²) in [6.07, 6.45) is 0.487. The Kier molecular flexibility index (Phi) is 7.55. The van der Waals surface area contributed by atoms with Crippen LogP contribution in [0.1, 0.15) is 34.8 Å². The molecule has 0 spiro atoms. The predicted molar refractivity (Wildman–Crippen MR) is 131 cm³/mol. The zero-order valence-corrected chi connectivity index (χ0v) is 20.0. The van der Waals surface area contributed by atoms with Crippen molar-refractivity contribution in [3.8, 4) is 0 Å². The Morgan fingerprint density at radius 2 is 1.52 bits per heavy atom. The molecule has 3 rings (SSSR count). The Hall–Kier alpha value is -3.17. The minimum atomic E-state index is -3.55. The number of sulfone groups is 1. The molecule has 0 bridgehead atoms.